The summed E-state index contributed by atoms with van der Waals surface area (Å²) in [5.74, 6) is 0.515. The first-order chi connectivity index (χ1) is 8.99. The number of aryl methyl sites for hydroxylation is 2. The van der Waals surface area contributed by atoms with Crippen LogP contribution in [0, 0.1) is 13.8 Å². The van der Waals surface area contributed by atoms with Crippen molar-refractivity contribution in [2.75, 3.05) is 12.4 Å². The van der Waals surface area contributed by atoms with E-state index in [2.05, 4.69) is 26.0 Å². The molecule has 0 saturated carbocycles. The highest BCUT2D eigenvalue weighted by atomic mass is 32.2. The van der Waals surface area contributed by atoms with Crippen LogP contribution in [0.25, 0.3) is 0 Å². The molecule has 1 heterocycles. The monoisotopic (exact) mass is 281 g/mol. The van der Waals surface area contributed by atoms with Gasteiger partial charge in [-0.25, -0.2) is 0 Å². The number of benzene rings is 1. The Morgan fingerprint density at radius 2 is 2.16 bits per heavy atom. The van der Waals surface area contributed by atoms with Crippen LogP contribution in [-0.4, -0.2) is 27.9 Å². The first kappa shape index (κ1) is 14.7. The molecule has 0 aromatic heterocycles. The van der Waals surface area contributed by atoms with Crippen molar-refractivity contribution in [3.63, 3.8) is 0 Å². The maximum atomic E-state index is 12.3. The second-order valence-corrected chi connectivity index (χ2v) is 7.10. The molecule has 2 rings (SSSR count). The number of hydrogen-bond donors (Lipinski definition) is 1. The van der Waals surface area contributed by atoms with E-state index in [4.69, 9.17) is 10.5 Å². The number of ether oxygens (including phenoxy) is 1. The normalized spacial score (nSPS) is 26.3. The molecule has 1 aliphatic heterocycles. The van der Waals surface area contributed by atoms with Gasteiger partial charge in [0.25, 0.3) is 0 Å². The molecule has 0 bridgehead atoms. The van der Waals surface area contributed by atoms with Gasteiger partial charge < -0.3 is 10.5 Å². The smallest absolute Gasteiger partial charge is 0.0691 e. The summed E-state index contributed by atoms with van der Waals surface area (Å²) in [6, 6.07) is 6.06. The van der Waals surface area contributed by atoms with Crippen LogP contribution >= 0.6 is 0 Å². The minimum absolute atomic E-state index is 0.0905. The third kappa shape index (κ3) is 3.44. The van der Waals surface area contributed by atoms with Crippen molar-refractivity contribution in [2.45, 2.75) is 44.6 Å². The molecule has 1 saturated heterocycles. The Labute approximate surface area is 118 Å². The fourth-order valence-electron chi connectivity index (χ4n) is 2.45. The first-order valence-corrected chi connectivity index (χ1v) is 8.18. The molecule has 0 amide bonds. The van der Waals surface area contributed by atoms with E-state index >= 15 is 0 Å². The molecule has 1 aromatic rings. The van der Waals surface area contributed by atoms with Crippen molar-refractivity contribution in [3.8, 4) is 0 Å². The van der Waals surface area contributed by atoms with Crippen LogP contribution in [0.15, 0.2) is 18.2 Å². The quantitative estimate of drug-likeness (QED) is 0.921. The molecule has 1 aliphatic rings. The van der Waals surface area contributed by atoms with E-state index < -0.39 is 10.8 Å². The highest BCUT2D eigenvalue weighted by Crippen LogP contribution is 2.22. The predicted molar refractivity (Wildman–Crippen MR) is 79.7 cm³/mol. The molecule has 19 heavy (non-hydrogen) atoms. The topological polar surface area (TPSA) is 52.3 Å². The minimum Gasteiger partial charge on any atom is -0.377 e. The Balaban J connectivity index is 2.02. The Morgan fingerprint density at radius 3 is 2.74 bits per heavy atom. The molecule has 2 N–H and O–H groups in total. The van der Waals surface area contributed by atoms with Crippen LogP contribution < -0.4 is 5.73 Å². The summed E-state index contributed by atoms with van der Waals surface area (Å²) in [5.41, 5.74) is 9.76. The number of hydrogen-bond acceptors (Lipinski definition) is 3. The van der Waals surface area contributed by atoms with Gasteiger partial charge in [0, 0.05) is 29.2 Å². The molecular formula is C15H23NO2S. The maximum absolute atomic E-state index is 12.3. The fourth-order valence-corrected chi connectivity index (χ4v) is 4.11. The summed E-state index contributed by atoms with van der Waals surface area (Å²) in [5, 5.41) is 0.137. The van der Waals surface area contributed by atoms with Crippen molar-refractivity contribution >= 4 is 10.8 Å². The Kier molecular flexibility index (Phi) is 4.76. The number of rotatable bonds is 4. The van der Waals surface area contributed by atoms with Crippen molar-refractivity contribution in [2.24, 2.45) is 5.73 Å². The van der Waals surface area contributed by atoms with E-state index in [0.29, 0.717) is 5.75 Å². The zero-order valence-electron chi connectivity index (χ0n) is 11.9. The average Bonchev–Trinajstić information content (AvgIpc) is 2.79. The van der Waals surface area contributed by atoms with Gasteiger partial charge in [-0.3, -0.25) is 4.21 Å². The van der Waals surface area contributed by atoms with Crippen LogP contribution in [-0.2, 0) is 15.5 Å². The molecule has 3 nitrogen and oxygen atoms in total. The van der Waals surface area contributed by atoms with Crippen molar-refractivity contribution in [1.29, 1.82) is 0 Å². The van der Waals surface area contributed by atoms with Crippen LogP contribution in [0.4, 0.5) is 0 Å². The molecule has 0 spiro atoms. The highest BCUT2D eigenvalue weighted by Gasteiger charge is 2.30. The van der Waals surface area contributed by atoms with E-state index in [0.717, 1.165) is 18.6 Å². The second kappa shape index (κ2) is 6.16. The van der Waals surface area contributed by atoms with Gasteiger partial charge >= 0.3 is 0 Å². The zero-order valence-corrected chi connectivity index (χ0v) is 12.7. The Morgan fingerprint density at radius 1 is 1.42 bits per heavy atom. The van der Waals surface area contributed by atoms with Crippen molar-refractivity contribution in [3.05, 3.63) is 34.9 Å². The van der Waals surface area contributed by atoms with Gasteiger partial charge in [-0.1, -0.05) is 18.2 Å². The van der Waals surface area contributed by atoms with E-state index in [9.17, 15) is 4.21 Å². The lowest BCUT2D eigenvalue weighted by atomic mass is 10.0. The van der Waals surface area contributed by atoms with E-state index in [1.807, 2.05) is 13.0 Å². The van der Waals surface area contributed by atoms with Crippen molar-refractivity contribution < 1.29 is 8.95 Å². The summed E-state index contributed by atoms with van der Waals surface area (Å²) in [4.78, 5) is 0. The lowest BCUT2D eigenvalue weighted by Crippen LogP contribution is -2.29. The van der Waals surface area contributed by atoms with Gasteiger partial charge in [-0.2, -0.15) is 0 Å². The van der Waals surface area contributed by atoms with Crippen molar-refractivity contribution in [1.82, 2.24) is 0 Å². The maximum Gasteiger partial charge on any atom is 0.0691 e. The van der Waals surface area contributed by atoms with Gasteiger partial charge in [0.15, 0.2) is 0 Å². The second-order valence-electron chi connectivity index (χ2n) is 5.40. The third-order valence-electron chi connectivity index (χ3n) is 3.95. The zero-order chi connectivity index (χ0) is 14.0. The SMILES string of the molecule is Cc1ccc(C(N)CS(=O)C2CCOC2C)cc1C. The van der Waals surface area contributed by atoms with Gasteiger partial charge in [-0.15, -0.1) is 0 Å². The first-order valence-electron chi connectivity index (χ1n) is 6.80. The summed E-state index contributed by atoms with van der Waals surface area (Å²) in [7, 11) is -0.918. The number of nitrogens with two attached hydrogens (primary N) is 1. The van der Waals surface area contributed by atoms with Gasteiger partial charge in [-0.05, 0) is 43.9 Å². The summed E-state index contributed by atoms with van der Waals surface area (Å²) >= 11 is 0. The molecule has 1 fully saturated rings. The summed E-state index contributed by atoms with van der Waals surface area (Å²) in [6.07, 6.45) is 0.973. The molecule has 4 heteroatoms. The minimum atomic E-state index is -0.918. The van der Waals surface area contributed by atoms with E-state index in [1.165, 1.54) is 11.1 Å². The molecule has 0 aliphatic carbocycles. The van der Waals surface area contributed by atoms with Gasteiger partial charge in [0.2, 0.25) is 0 Å². The summed E-state index contributed by atoms with van der Waals surface area (Å²) in [6.45, 7) is 6.88. The van der Waals surface area contributed by atoms with Crippen LogP contribution in [0.5, 0.6) is 0 Å². The van der Waals surface area contributed by atoms with Crippen LogP contribution in [0.1, 0.15) is 36.1 Å². The molecular weight excluding hydrogens is 258 g/mol. The fraction of sp³-hybridized carbons (Fsp3) is 0.600. The third-order valence-corrected chi connectivity index (χ3v) is 5.93. The summed E-state index contributed by atoms with van der Waals surface area (Å²) < 4.78 is 17.8. The van der Waals surface area contributed by atoms with Gasteiger partial charge in [0.1, 0.15) is 0 Å². The molecule has 4 unspecified atom stereocenters. The Bertz CT molecular complexity index is 475. The Hall–Kier alpha value is -0.710. The van der Waals surface area contributed by atoms with E-state index in [-0.39, 0.29) is 17.4 Å². The largest absolute Gasteiger partial charge is 0.377 e. The van der Waals surface area contributed by atoms with Crippen LogP contribution in [0.3, 0.4) is 0 Å². The van der Waals surface area contributed by atoms with E-state index in [1.54, 1.807) is 0 Å². The molecule has 106 valence electrons. The highest BCUT2D eigenvalue weighted by molar-refractivity contribution is 7.85. The molecule has 0 radical (unpaired) electrons. The van der Waals surface area contributed by atoms with Crippen LogP contribution in [0.2, 0.25) is 0 Å². The average molecular weight is 281 g/mol. The predicted octanol–water partition coefficient (Wildman–Crippen LogP) is 2.23. The molecule has 1 aromatic carbocycles. The lowest BCUT2D eigenvalue weighted by molar-refractivity contribution is 0.127. The van der Waals surface area contributed by atoms with Gasteiger partial charge in [0.05, 0.1) is 11.4 Å². The molecule has 4 atom stereocenters. The standard InChI is InChI=1S/C15H23NO2S/c1-10-4-5-13(8-11(10)2)14(16)9-19(17)15-6-7-18-12(15)3/h4-5,8,12,14-15H,6-7,9,16H2,1-3H3. The lowest BCUT2D eigenvalue weighted by Gasteiger charge is -2.18.